The summed E-state index contributed by atoms with van der Waals surface area (Å²) in [6.07, 6.45) is 6.34. The molecule has 1 aliphatic rings. The zero-order chi connectivity index (χ0) is 14.9. The summed E-state index contributed by atoms with van der Waals surface area (Å²) >= 11 is 0. The van der Waals surface area contributed by atoms with Crippen LogP contribution < -0.4 is 10.6 Å². The number of rotatable bonds is 4. The molecule has 0 radical (unpaired) electrons. The molecule has 112 valence electrons. The van der Waals surface area contributed by atoms with Gasteiger partial charge in [0.1, 0.15) is 11.7 Å². The second kappa shape index (κ2) is 5.85. The normalized spacial score (nSPS) is 22.8. The van der Waals surface area contributed by atoms with E-state index in [2.05, 4.69) is 24.0 Å². The fourth-order valence-corrected chi connectivity index (χ4v) is 3.48. The molecule has 1 aromatic heterocycles. The maximum atomic E-state index is 7.80. The van der Waals surface area contributed by atoms with Crippen molar-refractivity contribution in [3.8, 4) is 0 Å². The second-order valence-corrected chi connectivity index (χ2v) is 6.02. The molecule has 1 saturated carbocycles. The van der Waals surface area contributed by atoms with E-state index in [0.717, 1.165) is 23.0 Å². The van der Waals surface area contributed by atoms with E-state index in [1.807, 2.05) is 18.7 Å². The van der Waals surface area contributed by atoms with Crippen LogP contribution in [0.3, 0.4) is 0 Å². The number of aromatic nitrogens is 2. The SMILES string of the molecule is CCC1CCC(N(C)c2c(C(=N)N)c(C)nn2C)CC1. The van der Waals surface area contributed by atoms with Crippen LogP contribution in [0.25, 0.3) is 0 Å². The molecular weight excluding hydrogens is 250 g/mol. The minimum atomic E-state index is 0.111. The fourth-order valence-electron chi connectivity index (χ4n) is 3.48. The van der Waals surface area contributed by atoms with E-state index in [1.165, 1.54) is 32.1 Å². The molecule has 5 nitrogen and oxygen atoms in total. The summed E-state index contributed by atoms with van der Waals surface area (Å²) in [5.74, 6) is 1.98. The molecule has 0 aromatic carbocycles. The Balaban J connectivity index is 2.21. The Hall–Kier alpha value is -1.52. The Kier molecular flexibility index (Phi) is 4.35. The summed E-state index contributed by atoms with van der Waals surface area (Å²) in [4.78, 5) is 2.28. The van der Waals surface area contributed by atoms with E-state index < -0.39 is 0 Å². The Morgan fingerprint density at radius 3 is 2.50 bits per heavy atom. The van der Waals surface area contributed by atoms with Crippen molar-refractivity contribution >= 4 is 11.7 Å². The van der Waals surface area contributed by atoms with Gasteiger partial charge in [0, 0.05) is 20.1 Å². The van der Waals surface area contributed by atoms with E-state index in [1.54, 1.807) is 0 Å². The Bertz CT molecular complexity index is 483. The highest BCUT2D eigenvalue weighted by Crippen LogP contribution is 2.32. The molecule has 2 rings (SSSR count). The van der Waals surface area contributed by atoms with Gasteiger partial charge in [0.05, 0.1) is 11.3 Å². The third-order valence-corrected chi connectivity index (χ3v) is 4.74. The van der Waals surface area contributed by atoms with Gasteiger partial charge in [0.25, 0.3) is 0 Å². The van der Waals surface area contributed by atoms with Crippen LogP contribution in [0.4, 0.5) is 5.82 Å². The topological polar surface area (TPSA) is 70.9 Å². The van der Waals surface area contributed by atoms with Crippen molar-refractivity contribution in [1.29, 1.82) is 5.41 Å². The molecule has 0 unspecified atom stereocenters. The third-order valence-electron chi connectivity index (χ3n) is 4.74. The van der Waals surface area contributed by atoms with Gasteiger partial charge in [-0.05, 0) is 38.5 Å². The van der Waals surface area contributed by atoms with Crippen molar-refractivity contribution in [2.75, 3.05) is 11.9 Å². The van der Waals surface area contributed by atoms with Crippen LogP contribution in [0.5, 0.6) is 0 Å². The zero-order valence-corrected chi connectivity index (χ0v) is 13.1. The van der Waals surface area contributed by atoms with Gasteiger partial charge in [-0.2, -0.15) is 5.10 Å². The Morgan fingerprint density at radius 1 is 1.40 bits per heavy atom. The number of hydrogen-bond acceptors (Lipinski definition) is 3. The van der Waals surface area contributed by atoms with Crippen LogP contribution in [0, 0.1) is 18.3 Å². The minimum Gasteiger partial charge on any atom is -0.384 e. The van der Waals surface area contributed by atoms with E-state index in [9.17, 15) is 0 Å². The van der Waals surface area contributed by atoms with Gasteiger partial charge in [-0.1, -0.05) is 13.3 Å². The maximum Gasteiger partial charge on any atom is 0.137 e. The molecule has 0 amide bonds. The highest BCUT2D eigenvalue weighted by molar-refractivity contribution is 6.00. The summed E-state index contributed by atoms with van der Waals surface area (Å²) < 4.78 is 1.86. The van der Waals surface area contributed by atoms with Crippen molar-refractivity contribution in [3.05, 3.63) is 11.3 Å². The summed E-state index contributed by atoms with van der Waals surface area (Å²) in [5.41, 5.74) is 7.36. The average Bonchev–Trinajstić information content (AvgIpc) is 2.72. The summed E-state index contributed by atoms with van der Waals surface area (Å²) in [6, 6.07) is 0.533. The van der Waals surface area contributed by atoms with Crippen LogP contribution in [-0.2, 0) is 7.05 Å². The van der Waals surface area contributed by atoms with Gasteiger partial charge in [-0.3, -0.25) is 10.1 Å². The molecule has 1 aliphatic carbocycles. The van der Waals surface area contributed by atoms with Crippen LogP contribution in [0.2, 0.25) is 0 Å². The quantitative estimate of drug-likeness (QED) is 0.656. The molecule has 0 saturated heterocycles. The van der Waals surface area contributed by atoms with Gasteiger partial charge in [-0.25, -0.2) is 0 Å². The molecule has 0 bridgehead atoms. The molecule has 1 aromatic rings. The van der Waals surface area contributed by atoms with Crippen LogP contribution >= 0.6 is 0 Å². The molecule has 1 fully saturated rings. The molecule has 20 heavy (non-hydrogen) atoms. The zero-order valence-electron chi connectivity index (χ0n) is 13.1. The predicted molar refractivity (Wildman–Crippen MR) is 83.4 cm³/mol. The lowest BCUT2D eigenvalue weighted by molar-refractivity contribution is 0.312. The second-order valence-electron chi connectivity index (χ2n) is 6.02. The van der Waals surface area contributed by atoms with Crippen molar-refractivity contribution in [2.45, 2.75) is 52.0 Å². The number of amidine groups is 1. The lowest BCUT2D eigenvalue weighted by atomic mass is 9.84. The molecule has 3 N–H and O–H groups in total. The Morgan fingerprint density at radius 2 is 2.00 bits per heavy atom. The van der Waals surface area contributed by atoms with Gasteiger partial charge in [0.15, 0.2) is 0 Å². The Labute approximate surface area is 121 Å². The number of nitrogens with zero attached hydrogens (tertiary/aromatic N) is 3. The number of hydrogen-bond donors (Lipinski definition) is 2. The van der Waals surface area contributed by atoms with Crippen molar-refractivity contribution in [2.24, 2.45) is 18.7 Å². The van der Waals surface area contributed by atoms with E-state index in [0.29, 0.717) is 6.04 Å². The summed E-state index contributed by atoms with van der Waals surface area (Å²) in [6.45, 7) is 4.20. The van der Waals surface area contributed by atoms with Crippen molar-refractivity contribution < 1.29 is 0 Å². The summed E-state index contributed by atoms with van der Waals surface area (Å²) in [5, 5.41) is 12.2. The predicted octanol–water partition coefficient (Wildman–Crippen LogP) is 2.42. The monoisotopic (exact) mass is 277 g/mol. The molecule has 0 spiro atoms. The first-order valence-corrected chi connectivity index (χ1v) is 7.56. The standard InChI is InChI=1S/C15H27N5/c1-5-11-6-8-12(9-7-11)19(3)15-13(14(16)17)10(2)18-20(15)4/h11-12H,5-9H2,1-4H3,(H3,16,17). The fraction of sp³-hybridized carbons (Fsp3) is 0.733. The van der Waals surface area contributed by atoms with E-state index in [-0.39, 0.29) is 5.84 Å². The van der Waals surface area contributed by atoms with Crippen LogP contribution in [0.1, 0.15) is 50.3 Å². The van der Waals surface area contributed by atoms with E-state index in [4.69, 9.17) is 11.1 Å². The minimum absolute atomic E-state index is 0.111. The summed E-state index contributed by atoms with van der Waals surface area (Å²) in [7, 11) is 4.04. The number of nitrogens with one attached hydrogen (secondary N) is 1. The van der Waals surface area contributed by atoms with Crippen LogP contribution in [-0.4, -0.2) is 28.7 Å². The molecule has 0 atom stereocenters. The molecular formula is C15H27N5. The van der Waals surface area contributed by atoms with Gasteiger partial charge in [0.2, 0.25) is 0 Å². The smallest absolute Gasteiger partial charge is 0.137 e. The molecule has 0 aliphatic heterocycles. The van der Waals surface area contributed by atoms with Gasteiger partial charge < -0.3 is 10.6 Å². The number of nitrogen functional groups attached to an aromatic ring is 1. The van der Waals surface area contributed by atoms with E-state index >= 15 is 0 Å². The van der Waals surface area contributed by atoms with Crippen molar-refractivity contribution in [1.82, 2.24) is 9.78 Å². The number of anilines is 1. The first-order chi connectivity index (χ1) is 9.45. The van der Waals surface area contributed by atoms with Gasteiger partial charge in [-0.15, -0.1) is 0 Å². The first kappa shape index (κ1) is 14.9. The average molecular weight is 277 g/mol. The highest BCUT2D eigenvalue weighted by atomic mass is 15.4. The number of nitrogens with two attached hydrogens (primary N) is 1. The van der Waals surface area contributed by atoms with Gasteiger partial charge >= 0.3 is 0 Å². The largest absolute Gasteiger partial charge is 0.384 e. The first-order valence-electron chi connectivity index (χ1n) is 7.56. The maximum absolute atomic E-state index is 7.80. The highest BCUT2D eigenvalue weighted by Gasteiger charge is 2.27. The van der Waals surface area contributed by atoms with Crippen LogP contribution in [0.15, 0.2) is 0 Å². The molecule has 5 heteroatoms. The lowest BCUT2D eigenvalue weighted by Crippen LogP contribution is -2.37. The van der Waals surface area contributed by atoms with Crippen molar-refractivity contribution in [3.63, 3.8) is 0 Å². The lowest BCUT2D eigenvalue weighted by Gasteiger charge is -2.36. The third kappa shape index (κ3) is 2.67. The molecule has 1 heterocycles. The number of aryl methyl sites for hydroxylation is 2.